The minimum Gasteiger partial charge on any atom is -0.497 e. The van der Waals surface area contributed by atoms with E-state index in [9.17, 15) is 4.79 Å². The van der Waals surface area contributed by atoms with Gasteiger partial charge in [-0.15, -0.1) is 0 Å². The van der Waals surface area contributed by atoms with Crippen LogP contribution in [-0.2, 0) is 6.54 Å². The summed E-state index contributed by atoms with van der Waals surface area (Å²) in [5.74, 6) is 0.780. The van der Waals surface area contributed by atoms with Crippen LogP contribution in [0, 0.1) is 0 Å². The van der Waals surface area contributed by atoms with Crippen LogP contribution in [0.1, 0.15) is 5.56 Å². The average Bonchev–Trinajstić information content (AvgIpc) is 2.76. The summed E-state index contributed by atoms with van der Waals surface area (Å²) < 4.78 is 6.78. The van der Waals surface area contributed by atoms with E-state index in [2.05, 4.69) is 0 Å². The Morgan fingerprint density at radius 1 is 0.821 bits per heavy atom. The lowest BCUT2D eigenvalue weighted by molar-refractivity contribution is 0.415. The first-order valence-corrected chi connectivity index (χ1v) is 9.10. The molecule has 0 N–H and O–H groups in total. The lowest BCUT2D eigenvalue weighted by atomic mass is 10.00. The van der Waals surface area contributed by atoms with Crippen molar-refractivity contribution >= 4 is 0 Å². The molecule has 0 spiro atoms. The van der Waals surface area contributed by atoms with Crippen LogP contribution in [0.4, 0.5) is 0 Å². The normalized spacial score (nSPS) is 10.6. The fourth-order valence-corrected chi connectivity index (χ4v) is 3.16. The third-order valence-corrected chi connectivity index (χ3v) is 4.62. The summed E-state index contributed by atoms with van der Waals surface area (Å²) in [5.41, 5.74) is 4.39. The third kappa shape index (κ3) is 3.71. The molecule has 0 amide bonds. The number of rotatable bonds is 5. The molecule has 4 aromatic rings. The average molecular weight is 368 g/mol. The summed E-state index contributed by atoms with van der Waals surface area (Å²) in [5, 5.41) is 4.73. The van der Waals surface area contributed by atoms with Gasteiger partial charge in [-0.2, -0.15) is 5.10 Å². The highest BCUT2D eigenvalue weighted by molar-refractivity contribution is 5.80. The number of methoxy groups -OCH3 is 1. The molecule has 0 aliphatic rings. The van der Waals surface area contributed by atoms with Crippen molar-refractivity contribution in [1.29, 1.82) is 0 Å². The predicted octanol–water partition coefficient (Wildman–Crippen LogP) is 4.63. The molecule has 0 fully saturated rings. The monoisotopic (exact) mass is 368 g/mol. The number of benzene rings is 3. The molecule has 4 heteroatoms. The SMILES string of the molecule is COc1ccc(-c2nn(Cc3ccccc3)c(=O)cc2-c2ccccc2)cc1. The van der Waals surface area contributed by atoms with E-state index < -0.39 is 0 Å². The second kappa shape index (κ2) is 7.92. The summed E-state index contributed by atoms with van der Waals surface area (Å²) in [7, 11) is 1.64. The van der Waals surface area contributed by atoms with Crippen LogP contribution in [0.2, 0.25) is 0 Å². The van der Waals surface area contributed by atoms with E-state index in [1.54, 1.807) is 13.2 Å². The Morgan fingerprint density at radius 2 is 1.46 bits per heavy atom. The summed E-state index contributed by atoms with van der Waals surface area (Å²) in [4.78, 5) is 12.8. The maximum absolute atomic E-state index is 12.8. The molecular weight excluding hydrogens is 348 g/mol. The number of hydrogen-bond donors (Lipinski definition) is 0. The summed E-state index contributed by atoms with van der Waals surface area (Å²) in [6.07, 6.45) is 0. The van der Waals surface area contributed by atoms with Gasteiger partial charge in [-0.1, -0.05) is 60.7 Å². The lowest BCUT2D eigenvalue weighted by Crippen LogP contribution is -2.23. The highest BCUT2D eigenvalue weighted by Crippen LogP contribution is 2.30. The van der Waals surface area contributed by atoms with E-state index in [0.717, 1.165) is 33.7 Å². The van der Waals surface area contributed by atoms with Gasteiger partial charge in [-0.25, -0.2) is 4.68 Å². The first-order valence-electron chi connectivity index (χ1n) is 9.10. The van der Waals surface area contributed by atoms with Gasteiger partial charge in [0, 0.05) is 17.2 Å². The van der Waals surface area contributed by atoms with Crippen LogP contribution in [0.3, 0.4) is 0 Å². The molecule has 0 unspecified atom stereocenters. The molecule has 0 radical (unpaired) electrons. The second-order valence-electron chi connectivity index (χ2n) is 6.48. The summed E-state index contributed by atoms with van der Waals surface area (Å²) in [6.45, 7) is 0.428. The van der Waals surface area contributed by atoms with Crippen LogP contribution in [0.15, 0.2) is 95.8 Å². The van der Waals surface area contributed by atoms with Crippen LogP contribution < -0.4 is 10.3 Å². The third-order valence-electron chi connectivity index (χ3n) is 4.62. The van der Waals surface area contributed by atoms with Crippen LogP contribution in [0.25, 0.3) is 22.4 Å². The number of hydrogen-bond acceptors (Lipinski definition) is 3. The zero-order valence-electron chi connectivity index (χ0n) is 15.6. The van der Waals surface area contributed by atoms with Crippen molar-refractivity contribution in [3.8, 4) is 28.1 Å². The molecule has 1 heterocycles. The van der Waals surface area contributed by atoms with Gasteiger partial charge in [0.05, 0.1) is 19.3 Å². The molecule has 0 aliphatic carbocycles. The minimum absolute atomic E-state index is 0.125. The summed E-state index contributed by atoms with van der Waals surface area (Å²) in [6, 6.07) is 29.1. The Kier molecular flexibility index (Phi) is 5.02. The predicted molar refractivity (Wildman–Crippen MR) is 111 cm³/mol. The number of aromatic nitrogens is 2. The molecule has 4 nitrogen and oxygen atoms in total. The van der Waals surface area contributed by atoms with Crippen molar-refractivity contribution in [2.24, 2.45) is 0 Å². The van der Waals surface area contributed by atoms with Crippen molar-refractivity contribution < 1.29 is 4.74 Å². The Labute approximate surface area is 163 Å². The van der Waals surface area contributed by atoms with Crippen molar-refractivity contribution in [3.05, 3.63) is 107 Å². The van der Waals surface area contributed by atoms with Crippen molar-refractivity contribution in [3.63, 3.8) is 0 Å². The number of ether oxygens (including phenoxy) is 1. The Bertz CT molecular complexity index is 1120. The van der Waals surface area contributed by atoms with Gasteiger partial charge in [0.2, 0.25) is 0 Å². The maximum atomic E-state index is 12.8. The van der Waals surface area contributed by atoms with Gasteiger partial charge in [0.1, 0.15) is 5.75 Å². The molecule has 0 saturated carbocycles. The van der Waals surface area contributed by atoms with Gasteiger partial charge < -0.3 is 4.74 Å². The van der Waals surface area contributed by atoms with Crippen molar-refractivity contribution in [1.82, 2.24) is 9.78 Å². The molecule has 28 heavy (non-hydrogen) atoms. The number of nitrogens with zero attached hydrogens (tertiary/aromatic N) is 2. The fraction of sp³-hybridized carbons (Fsp3) is 0.0833. The van der Waals surface area contributed by atoms with Gasteiger partial charge in [-0.05, 0) is 35.4 Å². The first-order chi connectivity index (χ1) is 13.7. The molecule has 4 rings (SSSR count). The van der Waals surface area contributed by atoms with E-state index in [0.29, 0.717) is 6.54 Å². The van der Waals surface area contributed by atoms with Gasteiger partial charge in [0.25, 0.3) is 5.56 Å². The van der Waals surface area contributed by atoms with E-state index in [4.69, 9.17) is 9.84 Å². The molecule has 0 saturated heterocycles. The van der Waals surface area contributed by atoms with Crippen LogP contribution >= 0.6 is 0 Å². The zero-order chi connectivity index (χ0) is 19.3. The highest BCUT2D eigenvalue weighted by Gasteiger charge is 2.13. The second-order valence-corrected chi connectivity index (χ2v) is 6.48. The van der Waals surface area contributed by atoms with Crippen molar-refractivity contribution in [2.75, 3.05) is 7.11 Å². The summed E-state index contributed by atoms with van der Waals surface area (Å²) >= 11 is 0. The van der Waals surface area contributed by atoms with E-state index in [1.165, 1.54) is 4.68 Å². The van der Waals surface area contributed by atoms with E-state index in [-0.39, 0.29) is 5.56 Å². The smallest absolute Gasteiger partial charge is 0.267 e. The van der Waals surface area contributed by atoms with Gasteiger partial charge >= 0.3 is 0 Å². The Hall–Kier alpha value is -3.66. The molecular formula is C24H20N2O2. The maximum Gasteiger partial charge on any atom is 0.267 e. The van der Waals surface area contributed by atoms with Gasteiger partial charge in [-0.3, -0.25) is 4.79 Å². The quantitative estimate of drug-likeness (QED) is 0.516. The highest BCUT2D eigenvalue weighted by atomic mass is 16.5. The van der Waals surface area contributed by atoms with Crippen LogP contribution in [0.5, 0.6) is 5.75 Å². The van der Waals surface area contributed by atoms with Gasteiger partial charge in [0.15, 0.2) is 0 Å². The lowest BCUT2D eigenvalue weighted by Gasteiger charge is -2.13. The minimum atomic E-state index is -0.125. The molecule has 1 aromatic heterocycles. The molecule has 3 aromatic carbocycles. The molecule has 0 aliphatic heterocycles. The Morgan fingerprint density at radius 3 is 2.11 bits per heavy atom. The molecule has 138 valence electrons. The standard InChI is InChI=1S/C24H20N2O2/c1-28-21-14-12-20(13-15-21)24-22(19-10-6-3-7-11-19)16-23(27)26(25-24)17-18-8-4-2-5-9-18/h2-16H,17H2,1H3. The van der Waals surface area contributed by atoms with E-state index >= 15 is 0 Å². The van der Waals surface area contributed by atoms with Crippen LogP contribution in [-0.4, -0.2) is 16.9 Å². The van der Waals surface area contributed by atoms with Crippen molar-refractivity contribution in [2.45, 2.75) is 6.54 Å². The molecule has 0 bridgehead atoms. The Balaban J connectivity index is 1.86. The fourth-order valence-electron chi connectivity index (χ4n) is 3.16. The van der Waals surface area contributed by atoms with E-state index in [1.807, 2.05) is 84.9 Å². The zero-order valence-corrected chi connectivity index (χ0v) is 15.6. The topological polar surface area (TPSA) is 44.1 Å². The largest absolute Gasteiger partial charge is 0.497 e. The first kappa shape index (κ1) is 17.7. The molecule has 0 atom stereocenters.